The molecule has 2 atom stereocenters. The molecule has 3 nitrogen and oxygen atoms in total. The minimum Gasteiger partial charge on any atom is -0.370 e. The van der Waals surface area contributed by atoms with E-state index in [4.69, 9.17) is 11.5 Å². The van der Waals surface area contributed by atoms with Crippen molar-refractivity contribution in [3.8, 4) is 0 Å². The van der Waals surface area contributed by atoms with Crippen LogP contribution in [0.5, 0.6) is 0 Å². The quantitative estimate of drug-likeness (QED) is 0.514. The monoisotopic (exact) mass is 183 g/mol. The van der Waals surface area contributed by atoms with Crippen LogP contribution >= 0.6 is 0 Å². The SMILES string of the molecule is CCC1CCCC(CN=C(N)N)C1. The summed E-state index contributed by atoms with van der Waals surface area (Å²) in [4.78, 5) is 4.09. The fraction of sp³-hybridized carbons (Fsp3) is 0.900. The molecule has 1 saturated carbocycles. The molecule has 0 aromatic rings. The number of nitrogens with zero attached hydrogens (tertiary/aromatic N) is 1. The number of rotatable bonds is 3. The van der Waals surface area contributed by atoms with Crippen molar-refractivity contribution < 1.29 is 0 Å². The third-order valence-electron chi connectivity index (χ3n) is 3.00. The Hall–Kier alpha value is -0.730. The van der Waals surface area contributed by atoms with Crippen LogP contribution in [0.1, 0.15) is 39.0 Å². The number of hydrogen-bond acceptors (Lipinski definition) is 1. The van der Waals surface area contributed by atoms with Gasteiger partial charge in [0.1, 0.15) is 0 Å². The largest absolute Gasteiger partial charge is 0.370 e. The van der Waals surface area contributed by atoms with E-state index < -0.39 is 0 Å². The standard InChI is InChI=1S/C10H21N3/c1-2-8-4-3-5-9(6-8)7-13-10(11)12/h8-9H,2-7H2,1H3,(H4,11,12,13). The molecule has 0 spiro atoms. The molecule has 13 heavy (non-hydrogen) atoms. The van der Waals surface area contributed by atoms with Crippen molar-refractivity contribution in [2.45, 2.75) is 39.0 Å². The predicted molar refractivity (Wildman–Crippen MR) is 56.4 cm³/mol. The van der Waals surface area contributed by atoms with E-state index in [1.807, 2.05) is 0 Å². The molecule has 1 rings (SSSR count). The van der Waals surface area contributed by atoms with Gasteiger partial charge in [-0.15, -0.1) is 0 Å². The van der Waals surface area contributed by atoms with Crippen LogP contribution in [0.4, 0.5) is 0 Å². The van der Waals surface area contributed by atoms with E-state index in [1.54, 1.807) is 0 Å². The third-order valence-corrected chi connectivity index (χ3v) is 3.00. The van der Waals surface area contributed by atoms with Gasteiger partial charge < -0.3 is 11.5 Å². The molecular weight excluding hydrogens is 162 g/mol. The zero-order valence-corrected chi connectivity index (χ0v) is 8.50. The maximum atomic E-state index is 5.30. The molecule has 0 radical (unpaired) electrons. The molecular formula is C10H21N3. The van der Waals surface area contributed by atoms with Crippen LogP contribution in [0.3, 0.4) is 0 Å². The first-order valence-electron chi connectivity index (χ1n) is 5.27. The zero-order valence-electron chi connectivity index (χ0n) is 8.50. The highest BCUT2D eigenvalue weighted by atomic mass is 15.0. The van der Waals surface area contributed by atoms with Gasteiger partial charge in [0.15, 0.2) is 5.96 Å². The molecule has 2 unspecified atom stereocenters. The van der Waals surface area contributed by atoms with Crippen molar-refractivity contribution in [3.63, 3.8) is 0 Å². The lowest BCUT2D eigenvalue weighted by Gasteiger charge is -2.27. The van der Waals surface area contributed by atoms with E-state index in [1.165, 1.54) is 32.1 Å². The Morgan fingerprint density at radius 3 is 2.62 bits per heavy atom. The second kappa shape index (κ2) is 5.10. The summed E-state index contributed by atoms with van der Waals surface area (Å²) in [6.07, 6.45) is 6.66. The first-order valence-corrected chi connectivity index (χ1v) is 5.27. The highest BCUT2D eigenvalue weighted by molar-refractivity contribution is 5.75. The summed E-state index contributed by atoms with van der Waals surface area (Å²) in [6.45, 7) is 3.10. The van der Waals surface area contributed by atoms with Gasteiger partial charge in [-0.05, 0) is 24.7 Å². The maximum Gasteiger partial charge on any atom is 0.185 e. The molecule has 0 aromatic heterocycles. The third kappa shape index (κ3) is 3.66. The summed E-state index contributed by atoms with van der Waals surface area (Å²) < 4.78 is 0. The molecule has 0 bridgehead atoms. The van der Waals surface area contributed by atoms with Gasteiger partial charge in [-0.2, -0.15) is 0 Å². The summed E-state index contributed by atoms with van der Waals surface area (Å²) in [5.74, 6) is 1.87. The molecule has 1 aliphatic rings. The zero-order chi connectivity index (χ0) is 9.68. The Balaban J connectivity index is 2.30. The normalized spacial score (nSPS) is 28.4. The summed E-state index contributed by atoms with van der Waals surface area (Å²) in [5.41, 5.74) is 10.6. The highest BCUT2D eigenvalue weighted by Gasteiger charge is 2.20. The lowest BCUT2D eigenvalue weighted by molar-refractivity contribution is 0.266. The van der Waals surface area contributed by atoms with Gasteiger partial charge in [-0.25, -0.2) is 0 Å². The van der Waals surface area contributed by atoms with Crippen molar-refractivity contribution in [2.24, 2.45) is 28.3 Å². The molecule has 3 heteroatoms. The predicted octanol–water partition coefficient (Wildman–Crippen LogP) is 1.48. The highest BCUT2D eigenvalue weighted by Crippen LogP contribution is 2.30. The van der Waals surface area contributed by atoms with Gasteiger partial charge in [0.25, 0.3) is 0 Å². The molecule has 1 aliphatic carbocycles. The van der Waals surface area contributed by atoms with Crippen molar-refractivity contribution >= 4 is 5.96 Å². The lowest BCUT2D eigenvalue weighted by Crippen LogP contribution is -2.25. The molecule has 0 heterocycles. The van der Waals surface area contributed by atoms with Gasteiger partial charge in [-0.3, -0.25) is 4.99 Å². The van der Waals surface area contributed by atoms with Crippen LogP contribution < -0.4 is 11.5 Å². The van der Waals surface area contributed by atoms with E-state index in [2.05, 4.69) is 11.9 Å². The molecule has 0 aliphatic heterocycles. The maximum absolute atomic E-state index is 5.30. The molecule has 4 N–H and O–H groups in total. The van der Waals surface area contributed by atoms with Crippen LogP contribution in [0, 0.1) is 11.8 Å². The average molecular weight is 183 g/mol. The Kier molecular flexibility index (Phi) is 4.06. The first-order chi connectivity index (χ1) is 6.22. The van der Waals surface area contributed by atoms with Crippen LogP contribution in [-0.4, -0.2) is 12.5 Å². The lowest BCUT2D eigenvalue weighted by atomic mass is 9.80. The summed E-state index contributed by atoms with van der Waals surface area (Å²) in [7, 11) is 0. The van der Waals surface area contributed by atoms with Crippen molar-refractivity contribution in [3.05, 3.63) is 0 Å². The Labute approximate surface area is 80.6 Å². The minimum absolute atomic E-state index is 0.235. The van der Waals surface area contributed by atoms with Crippen LogP contribution in [0.15, 0.2) is 4.99 Å². The van der Waals surface area contributed by atoms with E-state index in [-0.39, 0.29) is 5.96 Å². The summed E-state index contributed by atoms with van der Waals surface area (Å²) in [5, 5.41) is 0. The number of hydrogen-bond donors (Lipinski definition) is 2. The average Bonchev–Trinajstić information content (AvgIpc) is 2.15. The van der Waals surface area contributed by atoms with Crippen LogP contribution in [0.25, 0.3) is 0 Å². The molecule has 76 valence electrons. The van der Waals surface area contributed by atoms with E-state index in [0.29, 0.717) is 0 Å². The van der Waals surface area contributed by atoms with Crippen LogP contribution in [0.2, 0.25) is 0 Å². The van der Waals surface area contributed by atoms with Gasteiger partial charge in [0.05, 0.1) is 0 Å². The van der Waals surface area contributed by atoms with E-state index in [0.717, 1.165) is 18.4 Å². The first kappa shape index (κ1) is 10.4. The topological polar surface area (TPSA) is 64.4 Å². The van der Waals surface area contributed by atoms with Gasteiger partial charge >= 0.3 is 0 Å². The Morgan fingerprint density at radius 1 is 1.31 bits per heavy atom. The smallest absolute Gasteiger partial charge is 0.185 e. The fourth-order valence-electron chi connectivity index (χ4n) is 2.17. The molecule has 0 aromatic carbocycles. The Bertz CT molecular complexity index is 173. The Morgan fingerprint density at radius 2 is 2.00 bits per heavy atom. The second-order valence-corrected chi connectivity index (χ2v) is 4.07. The molecule has 0 amide bonds. The summed E-state index contributed by atoms with van der Waals surface area (Å²) >= 11 is 0. The number of guanidine groups is 1. The number of aliphatic imine (C=N–C) groups is 1. The minimum atomic E-state index is 0.235. The van der Waals surface area contributed by atoms with Gasteiger partial charge in [0.2, 0.25) is 0 Å². The van der Waals surface area contributed by atoms with Gasteiger partial charge in [0, 0.05) is 6.54 Å². The van der Waals surface area contributed by atoms with E-state index in [9.17, 15) is 0 Å². The number of nitrogens with two attached hydrogens (primary N) is 2. The summed E-state index contributed by atoms with van der Waals surface area (Å²) in [6, 6.07) is 0. The molecule has 1 fully saturated rings. The van der Waals surface area contributed by atoms with Crippen molar-refractivity contribution in [2.75, 3.05) is 6.54 Å². The fourth-order valence-corrected chi connectivity index (χ4v) is 2.17. The second-order valence-electron chi connectivity index (χ2n) is 4.07. The van der Waals surface area contributed by atoms with Crippen molar-refractivity contribution in [1.29, 1.82) is 0 Å². The van der Waals surface area contributed by atoms with Crippen LogP contribution in [-0.2, 0) is 0 Å². The van der Waals surface area contributed by atoms with E-state index >= 15 is 0 Å². The van der Waals surface area contributed by atoms with Crippen molar-refractivity contribution in [1.82, 2.24) is 0 Å². The molecule has 0 saturated heterocycles. The van der Waals surface area contributed by atoms with Gasteiger partial charge in [-0.1, -0.05) is 26.2 Å².